The van der Waals surface area contributed by atoms with E-state index in [1.165, 1.54) is 37.7 Å². The molecule has 1 aromatic rings. The maximum Gasteiger partial charge on any atom is 0.222 e. The Kier molecular flexibility index (Phi) is 8.12. The van der Waals surface area contributed by atoms with Crippen molar-refractivity contribution in [2.75, 3.05) is 60.0 Å². The second-order valence-electron chi connectivity index (χ2n) is 10.7. The zero-order valence-corrected chi connectivity index (χ0v) is 20.4. The number of hydrogen-bond donors (Lipinski definition) is 0. The largest absolute Gasteiger partial charge is 0.492 e. The van der Waals surface area contributed by atoms with Gasteiger partial charge in [0, 0.05) is 32.6 Å². The van der Waals surface area contributed by atoms with Crippen LogP contribution in [0, 0.1) is 11.3 Å². The summed E-state index contributed by atoms with van der Waals surface area (Å²) in [4.78, 5) is 20.0. The summed E-state index contributed by atoms with van der Waals surface area (Å²) >= 11 is 0. The van der Waals surface area contributed by atoms with Gasteiger partial charge in [-0.25, -0.2) is 0 Å². The minimum absolute atomic E-state index is 0.345. The van der Waals surface area contributed by atoms with Gasteiger partial charge >= 0.3 is 0 Å². The Morgan fingerprint density at radius 2 is 1.72 bits per heavy atom. The van der Waals surface area contributed by atoms with Gasteiger partial charge in [0.05, 0.1) is 0 Å². The topological polar surface area (TPSA) is 36.0 Å². The Bertz CT molecular complexity index is 736. The van der Waals surface area contributed by atoms with Crippen LogP contribution in [0.15, 0.2) is 24.3 Å². The van der Waals surface area contributed by atoms with E-state index < -0.39 is 0 Å². The van der Waals surface area contributed by atoms with Gasteiger partial charge < -0.3 is 19.4 Å². The molecule has 0 aromatic heterocycles. The predicted octanol–water partition coefficient (Wildman–Crippen LogP) is 4.06. The number of nitrogens with zero attached hydrogens (tertiary/aromatic N) is 3. The minimum atomic E-state index is 0.345. The standard InChI is InChI=1S/C27H43N3O2/c1-28-15-10-23(11-16-28)21-26(31)30-17-13-27(14-18-30)12-6-5-8-24-7-3-4-9-25(24)32-20-19-29(2)22-27/h3-4,7,9,23H,5-6,8,10-22H2,1-2H3. The van der Waals surface area contributed by atoms with Crippen molar-refractivity contribution in [3.63, 3.8) is 0 Å². The summed E-state index contributed by atoms with van der Waals surface area (Å²) < 4.78 is 6.14. The lowest BCUT2D eigenvalue weighted by Crippen LogP contribution is -2.48. The van der Waals surface area contributed by atoms with Crippen LogP contribution in [-0.2, 0) is 11.2 Å². The molecular weight excluding hydrogens is 398 g/mol. The van der Waals surface area contributed by atoms with E-state index in [2.05, 4.69) is 53.1 Å². The molecule has 1 spiro atoms. The molecule has 0 N–H and O–H groups in total. The van der Waals surface area contributed by atoms with Crippen LogP contribution in [0.5, 0.6) is 5.75 Å². The zero-order chi connectivity index (χ0) is 22.4. The fraction of sp³-hybridized carbons (Fsp3) is 0.741. The van der Waals surface area contributed by atoms with Gasteiger partial charge in [-0.2, -0.15) is 0 Å². The van der Waals surface area contributed by atoms with Crippen molar-refractivity contribution in [2.45, 2.75) is 57.8 Å². The van der Waals surface area contributed by atoms with Crippen LogP contribution in [0.3, 0.4) is 0 Å². The number of ether oxygens (including phenoxy) is 1. The number of fused-ring (bicyclic) bond motifs is 1. The van der Waals surface area contributed by atoms with E-state index in [1.807, 2.05) is 0 Å². The van der Waals surface area contributed by atoms with Crippen LogP contribution >= 0.6 is 0 Å². The first-order chi connectivity index (χ1) is 15.5. The van der Waals surface area contributed by atoms with E-state index in [0.29, 0.717) is 17.2 Å². The number of carbonyl (C=O) groups excluding carboxylic acids is 1. The van der Waals surface area contributed by atoms with Gasteiger partial charge in [-0.1, -0.05) is 24.6 Å². The molecule has 1 amide bonds. The number of benzene rings is 1. The highest BCUT2D eigenvalue weighted by atomic mass is 16.5. The van der Waals surface area contributed by atoms with Crippen LogP contribution in [0.4, 0.5) is 0 Å². The fourth-order valence-electron chi connectivity index (χ4n) is 5.99. The number of likely N-dealkylation sites (tertiary alicyclic amines) is 2. The third kappa shape index (κ3) is 6.26. The number of aryl methyl sites for hydroxylation is 1. The SMILES string of the molecule is CN1CCC(CC(=O)N2CCC3(CCCCc4ccccc4OCCN(C)C3)CC2)CC1. The fourth-order valence-corrected chi connectivity index (χ4v) is 5.99. The van der Waals surface area contributed by atoms with E-state index in [4.69, 9.17) is 4.74 Å². The average molecular weight is 442 g/mol. The van der Waals surface area contributed by atoms with Crippen LogP contribution in [-0.4, -0.2) is 80.6 Å². The normalized spacial score (nSPS) is 24.2. The molecule has 3 aliphatic rings. The quantitative estimate of drug-likeness (QED) is 0.693. The highest BCUT2D eigenvalue weighted by Gasteiger charge is 2.37. The van der Waals surface area contributed by atoms with Gasteiger partial charge in [0.15, 0.2) is 0 Å². The lowest BCUT2D eigenvalue weighted by Gasteiger charge is -2.44. The number of carbonyl (C=O) groups is 1. The first kappa shape index (κ1) is 23.6. The van der Waals surface area contributed by atoms with Crippen molar-refractivity contribution in [3.05, 3.63) is 29.8 Å². The molecule has 1 aromatic carbocycles. The highest BCUT2D eigenvalue weighted by molar-refractivity contribution is 5.76. The van der Waals surface area contributed by atoms with Crippen LogP contribution < -0.4 is 4.74 Å². The molecule has 4 rings (SSSR count). The van der Waals surface area contributed by atoms with Crippen molar-refractivity contribution >= 4 is 5.91 Å². The Morgan fingerprint density at radius 1 is 0.969 bits per heavy atom. The zero-order valence-electron chi connectivity index (χ0n) is 20.4. The molecule has 0 unspecified atom stereocenters. The van der Waals surface area contributed by atoms with Crippen LogP contribution in [0.25, 0.3) is 0 Å². The molecule has 3 heterocycles. The van der Waals surface area contributed by atoms with Crippen LogP contribution in [0.1, 0.15) is 56.9 Å². The summed E-state index contributed by atoms with van der Waals surface area (Å²) in [7, 11) is 4.42. The average Bonchev–Trinajstić information content (AvgIpc) is 2.79. The maximum atomic E-state index is 13.0. The molecule has 178 valence electrons. The smallest absolute Gasteiger partial charge is 0.222 e. The lowest BCUT2D eigenvalue weighted by molar-refractivity contribution is -0.135. The molecule has 2 saturated heterocycles. The summed E-state index contributed by atoms with van der Waals surface area (Å²) in [6, 6.07) is 8.53. The molecule has 2 fully saturated rings. The number of piperidine rings is 2. The van der Waals surface area contributed by atoms with Gasteiger partial charge in [0.1, 0.15) is 12.4 Å². The second kappa shape index (κ2) is 11.0. The number of para-hydroxylation sites is 1. The highest BCUT2D eigenvalue weighted by Crippen LogP contribution is 2.38. The monoisotopic (exact) mass is 441 g/mol. The van der Waals surface area contributed by atoms with E-state index in [0.717, 1.165) is 77.3 Å². The maximum absolute atomic E-state index is 13.0. The summed E-state index contributed by atoms with van der Waals surface area (Å²) in [6.07, 6.45) is 10.3. The minimum Gasteiger partial charge on any atom is -0.492 e. The van der Waals surface area contributed by atoms with E-state index in [9.17, 15) is 4.79 Å². The Labute approximate surface area is 195 Å². The molecule has 0 atom stereocenters. The van der Waals surface area contributed by atoms with E-state index in [-0.39, 0.29) is 0 Å². The number of likely N-dealkylation sites (N-methyl/N-ethyl adjacent to an activating group) is 1. The molecular formula is C27H43N3O2. The summed E-state index contributed by atoms with van der Waals surface area (Å²) in [5.41, 5.74) is 1.69. The summed E-state index contributed by atoms with van der Waals surface area (Å²) in [5, 5.41) is 0. The first-order valence-electron chi connectivity index (χ1n) is 12.9. The predicted molar refractivity (Wildman–Crippen MR) is 130 cm³/mol. The van der Waals surface area contributed by atoms with Gasteiger partial charge in [-0.15, -0.1) is 0 Å². The van der Waals surface area contributed by atoms with Crippen molar-refractivity contribution in [1.29, 1.82) is 0 Å². The van der Waals surface area contributed by atoms with Crippen molar-refractivity contribution in [3.8, 4) is 5.75 Å². The van der Waals surface area contributed by atoms with Gasteiger partial charge in [0.2, 0.25) is 5.91 Å². The first-order valence-corrected chi connectivity index (χ1v) is 12.9. The number of rotatable bonds is 2. The third-order valence-electron chi connectivity index (χ3n) is 8.19. The molecule has 3 aliphatic heterocycles. The van der Waals surface area contributed by atoms with Crippen molar-refractivity contribution in [1.82, 2.24) is 14.7 Å². The molecule has 32 heavy (non-hydrogen) atoms. The third-order valence-corrected chi connectivity index (χ3v) is 8.19. The molecule has 5 nitrogen and oxygen atoms in total. The van der Waals surface area contributed by atoms with Crippen LogP contribution in [0.2, 0.25) is 0 Å². The molecule has 0 bridgehead atoms. The summed E-state index contributed by atoms with van der Waals surface area (Å²) in [6.45, 7) is 6.98. The molecule has 0 aliphatic carbocycles. The molecule has 0 radical (unpaired) electrons. The van der Waals surface area contributed by atoms with E-state index >= 15 is 0 Å². The lowest BCUT2D eigenvalue weighted by atomic mass is 9.73. The van der Waals surface area contributed by atoms with Gasteiger partial charge in [-0.05, 0) is 95.1 Å². The Balaban J connectivity index is 1.31. The van der Waals surface area contributed by atoms with Crippen molar-refractivity contribution in [2.24, 2.45) is 11.3 Å². The Hall–Kier alpha value is -1.59. The Morgan fingerprint density at radius 3 is 2.50 bits per heavy atom. The van der Waals surface area contributed by atoms with Gasteiger partial charge in [-0.3, -0.25) is 4.79 Å². The molecule has 5 heteroatoms. The van der Waals surface area contributed by atoms with Gasteiger partial charge in [0.25, 0.3) is 0 Å². The molecule has 0 saturated carbocycles. The number of hydrogen-bond acceptors (Lipinski definition) is 4. The summed E-state index contributed by atoms with van der Waals surface area (Å²) in [5.74, 6) is 2.05. The van der Waals surface area contributed by atoms with Crippen molar-refractivity contribution < 1.29 is 9.53 Å². The van der Waals surface area contributed by atoms with E-state index in [1.54, 1.807) is 0 Å². The second-order valence-corrected chi connectivity index (χ2v) is 10.7. The number of amides is 1.